The summed E-state index contributed by atoms with van der Waals surface area (Å²) in [5, 5.41) is 16.1. The summed E-state index contributed by atoms with van der Waals surface area (Å²) < 4.78 is 6.19. The molecule has 158 valence electrons. The van der Waals surface area contributed by atoms with Crippen LogP contribution in [0.2, 0.25) is 0 Å². The summed E-state index contributed by atoms with van der Waals surface area (Å²) in [6.45, 7) is 1.66. The minimum Gasteiger partial charge on any atom is -0.496 e. The van der Waals surface area contributed by atoms with Gasteiger partial charge in [0.1, 0.15) is 22.8 Å². The first-order valence-electron chi connectivity index (χ1n) is 9.03. The summed E-state index contributed by atoms with van der Waals surface area (Å²) in [5.74, 6) is -0.287. The third-order valence-corrected chi connectivity index (χ3v) is 6.48. The molecule has 0 aliphatic carbocycles. The van der Waals surface area contributed by atoms with Crippen LogP contribution in [0, 0.1) is 17.0 Å². The van der Waals surface area contributed by atoms with Gasteiger partial charge in [-0.25, -0.2) is 4.98 Å². The van der Waals surface area contributed by atoms with E-state index >= 15 is 0 Å². The summed E-state index contributed by atoms with van der Waals surface area (Å²) >= 11 is 2.94. The topological polar surface area (TPSA) is 116 Å². The van der Waals surface area contributed by atoms with E-state index < -0.39 is 10.8 Å². The molecule has 0 radical (unpaired) electrons. The number of nitrogens with one attached hydrogen (secondary N) is 1. The zero-order chi connectivity index (χ0) is 22.1. The number of fused-ring (bicyclic) bond motifs is 1. The van der Waals surface area contributed by atoms with Crippen LogP contribution in [0.15, 0.2) is 46.8 Å². The lowest BCUT2D eigenvalue weighted by atomic mass is 10.2. The molecular formula is C20H16N4O5S2. The number of amides is 1. The highest BCUT2D eigenvalue weighted by molar-refractivity contribution is 7.19. The summed E-state index contributed by atoms with van der Waals surface area (Å²) in [5.41, 5.74) is 0.160. The van der Waals surface area contributed by atoms with Crippen molar-refractivity contribution in [1.29, 1.82) is 0 Å². The molecule has 31 heavy (non-hydrogen) atoms. The van der Waals surface area contributed by atoms with Crippen molar-refractivity contribution in [3.8, 4) is 16.2 Å². The van der Waals surface area contributed by atoms with Gasteiger partial charge in [0.05, 0.1) is 29.8 Å². The number of thiophene rings is 2. The maximum Gasteiger partial charge on any atom is 0.296 e. The van der Waals surface area contributed by atoms with E-state index in [0.29, 0.717) is 16.0 Å². The zero-order valence-corrected chi connectivity index (χ0v) is 18.1. The summed E-state index contributed by atoms with van der Waals surface area (Å²) in [6, 6.07) is 8.04. The maximum absolute atomic E-state index is 13.1. The lowest BCUT2D eigenvalue weighted by Crippen LogP contribution is -2.28. The van der Waals surface area contributed by atoms with Crippen molar-refractivity contribution in [2.24, 2.45) is 0 Å². The molecule has 9 nitrogen and oxygen atoms in total. The molecule has 3 aromatic heterocycles. The highest BCUT2D eigenvalue weighted by Crippen LogP contribution is 2.35. The lowest BCUT2D eigenvalue weighted by Gasteiger charge is -2.09. The monoisotopic (exact) mass is 456 g/mol. The Labute approximate surface area is 183 Å². The molecule has 1 N–H and O–H groups in total. The maximum atomic E-state index is 13.1. The van der Waals surface area contributed by atoms with E-state index in [2.05, 4.69) is 10.3 Å². The largest absolute Gasteiger partial charge is 0.496 e. The number of ether oxygens (including phenoxy) is 1. The van der Waals surface area contributed by atoms with E-state index in [1.165, 1.54) is 47.5 Å². The van der Waals surface area contributed by atoms with E-state index in [9.17, 15) is 19.7 Å². The number of nitrogens with zero attached hydrogens (tertiary/aromatic N) is 3. The Bertz CT molecular complexity index is 1370. The minimum absolute atomic E-state index is 0.0168. The highest BCUT2D eigenvalue weighted by Gasteiger charge is 2.19. The first-order valence-corrected chi connectivity index (χ1v) is 10.7. The average molecular weight is 457 g/mol. The van der Waals surface area contributed by atoms with Crippen LogP contribution in [-0.4, -0.2) is 27.5 Å². The average Bonchev–Trinajstić information content (AvgIpc) is 3.36. The van der Waals surface area contributed by atoms with E-state index in [4.69, 9.17) is 4.74 Å². The van der Waals surface area contributed by atoms with E-state index in [1.54, 1.807) is 11.3 Å². The van der Waals surface area contributed by atoms with Gasteiger partial charge in [-0.3, -0.25) is 24.3 Å². The van der Waals surface area contributed by atoms with Crippen LogP contribution in [0.4, 0.5) is 11.4 Å². The molecule has 4 aromatic rings. The van der Waals surface area contributed by atoms with Crippen LogP contribution in [0.1, 0.15) is 4.88 Å². The van der Waals surface area contributed by atoms with Gasteiger partial charge in [0.15, 0.2) is 0 Å². The molecule has 0 atom stereocenters. The standard InChI is InChI=1S/C20H16N4O5S2/c1-11-3-6-16(31-11)13-9-30-19-18(13)20(26)23(10-21-19)8-17(25)22-14-5-4-12(29-2)7-15(14)24(27)28/h3-7,9-10H,8H2,1-2H3,(H,22,25). The molecule has 1 aromatic carbocycles. The predicted octanol–water partition coefficient (Wildman–Crippen LogP) is 4.05. The van der Waals surface area contributed by atoms with Crippen LogP contribution in [-0.2, 0) is 11.3 Å². The Morgan fingerprint density at radius 2 is 2.13 bits per heavy atom. The zero-order valence-electron chi connectivity index (χ0n) is 16.4. The van der Waals surface area contributed by atoms with Crippen molar-refractivity contribution in [1.82, 2.24) is 9.55 Å². The molecule has 0 aliphatic rings. The van der Waals surface area contributed by atoms with E-state index in [1.807, 2.05) is 24.4 Å². The van der Waals surface area contributed by atoms with Crippen LogP contribution in [0.25, 0.3) is 20.7 Å². The summed E-state index contributed by atoms with van der Waals surface area (Å²) in [7, 11) is 1.39. The second-order valence-corrected chi connectivity index (χ2v) is 8.75. The first-order chi connectivity index (χ1) is 14.9. The normalized spacial score (nSPS) is 10.9. The van der Waals surface area contributed by atoms with Crippen molar-refractivity contribution in [2.75, 3.05) is 12.4 Å². The van der Waals surface area contributed by atoms with E-state index in [0.717, 1.165) is 15.3 Å². The Morgan fingerprint density at radius 1 is 1.32 bits per heavy atom. The third-order valence-electron chi connectivity index (χ3n) is 4.56. The van der Waals surface area contributed by atoms with E-state index in [-0.39, 0.29) is 23.5 Å². The van der Waals surface area contributed by atoms with Crippen molar-refractivity contribution in [3.05, 3.63) is 67.4 Å². The number of hydrogen-bond acceptors (Lipinski definition) is 8. The van der Waals surface area contributed by atoms with Gasteiger partial charge >= 0.3 is 0 Å². The van der Waals surface area contributed by atoms with Gasteiger partial charge in [0.2, 0.25) is 5.91 Å². The number of methoxy groups -OCH3 is 1. The minimum atomic E-state index is -0.613. The molecule has 3 heterocycles. The Balaban J connectivity index is 1.64. The molecule has 11 heteroatoms. The van der Waals surface area contributed by atoms with Crippen molar-refractivity contribution in [2.45, 2.75) is 13.5 Å². The number of aryl methyl sites for hydroxylation is 1. The molecule has 1 amide bonds. The van der Waals surface area contributed by atoms with Crippen LogP contribution < -0.4 is 15.6 Å². The van der Waals surface area contributed by atoms with Crippen molar-refractivity contribution < 1.29 is 14.5 Å². The second kappa shape index (κ2) is 8.28. The molecule has 0 unspecified atom stereocenters. The number of carbonyl (C=O) groups is 1. The molecule has 0 aliphatic heterocycles. The first kappa shape index (κ1) is 20.7. The Morgan fingerprint density at radius 3 is 2.81 bits per heavy atom. The molecule has 0 bridgehead atoms. The Hall–Kier alpha value is -3.57. The lowest BCUT2D eigenvalue weighted by molar-refractivity contribution is -0.384. The SMILES string of the molecule is COc1ccc(NC(=O)Cn2cnc3scc(-c4ccc(C)s4)c3c2=O)c([N+](=O)[O-])c1. The second-order valence-electron chi connectivity index (χ2n) is 6.61. The van der Waals surface area contributed by atoms with Crippen molar-refractivity contribution in [3.63, 3.8) is 0 Å². The van der Waals surface area contributed by atoms with Gasteiger partial charge in [-0.05, 0) is 31.2 Å². The molecule has 0 saturated carbocycles. The fourth-order valence-electron chi connectivity index (χ4n) is 3.08. The number of anilines is 1. The smallest absolute Gasteiger partial charge is 0.296 e. The third kappa shape index (κ3) is 4.05. The van der Waals surface area contributed by atoms with Crippen molar-refractivity contribution >= 4 is 50.2 Å². The quantitative estimate of drug-likeness (QED) is 0.346. The Kier molecular flexibility index (Phi) is 5.53. The van der Waals surface area contributed by atoms with Gasteiger partial charge in [-0.2, -0.15) is 0 Å². The van der Waals surface area contributed by atoms with Gasteiger partial charge in [0, 0.05) is 20.7 Å². The number of aromatic nitrogens is 2. The predicted molar refractivity (Wildman–Crippen MR) is 120 cm³/mol. The van der Waals surface area contributed by atoms with Gasteiger partial charge in [-0.15, -0.1) is 22.7 Å². The molecule has 4 rings (SSSR count). The fraction of sp³-hybridized carbons (Fsp3) is 0.150. The number of hydrogen-bond donors (Lipinski definition) is 1. The molecular weight excluding hydrogens is 440 g/mol. The molecule has 0 saturated heterocycles. The van der Waals surface area contributed by atoms with Crippen LogP contribution >= 0.6 is 22.7 Å². The summed E-state index contributed by atoms with van der Waals surface area (Å²) in [4.78, 5) is 43.3. The number of benzene rings is 1. The number of rotatable bonds is 6. The molecule has 0 spiro atoms. The fourth-order valence-corrected chi connectivity index (χ4v) is 4.94. The summed E-state index contributed by atoms with van der Waals surface area (Å²) in [6.07, 6.45) is 1.31. The van der Waals surface area contributed by atoms with Gasteiger partial charge < -0.3 is 10.1 Å². The number of carbonyl (C=O) groups excluding carboxylic acids is 1. The highest BCUT2D eigenvalue weighted by atomic mass is 32.1. The number of nitro benzene ring substituents is 1. The number of nitro groups is 1. The van der Waals surface area contributed by atoms with Gasteiger partial charge in [-0.1, -0.05) is 0 Å². The van der Waals surface area contributed by atoms with Crippen LogP contribution in [0.3, 0.4) is 0 Å². The van der Waals surface area contributed by atoms with Crippen LogP contribution in [0.5, 0.6) is 5.75 Å². The van der Waals surface area contributed by atoms with Gasteiger partial charge in [0.25, 0.3) is 11.2 Å². The molecule has 0 fully saturated rings.